The van der Waals surface area contributed by atoms with Crippen LogP contribution in [0.4, 0.5) is 10.5 Å². The fourth-order valence-electron chi connectivity index (χ4n) is 1.85. The van der Waals surface area contributed by atoms with Crippen molar-refractivity contribution in [2.24, 2.45) is 5.92 Å². The molecule has 0 spiro atoms. The van der Waals surface area contributed by atoms with E-state index in [1.54, 1.807) is 24.3 Å². The Morgan fingerprint density at radius 1 is 1.47 bits per heavy atom. The minimum absolute atomic E-state index is 0.0817. The predicted octanol–water partition coefficient (Wildman–Crippen LogP) is 1.74. The lowest BCUT2D eigenvalue weighted by Gasteiger charge is -2.30. The van der Waals surface area contributed by atoms with E-state index >= 15 is 0 Å². The lowest BCUT2D eigenvalue weighted by atomic mass is 10.1. The number of hydrogen-bond acceptors (Lipinski definition) is 4. The molecule has 0 aromatic heterocycles. The summed E-state index contributed by atoms with van der Waals surface area (Å²) in [5.74, 6) is -0.973. The van der Waals surface area contributed by atoms with Crippen LogP contribution < -0.4 is 9.64 Å². The van der Waals surface area contributed by atoms with Crippen LogP contribution in [0.2, 0.25) is 0 Å². The summed E-state index contributed by atoms with van der Waals surface area (Å²) in [6.45, 7) is 2.48. The molecule has 1 heterocycles. The zero-order valence-corrected chi connectivity index (χ0v) is 10.5. The first-order chi connectivity index (χ1) is 9.11. The number of carboxylic acids is 1. The highest BCUT2D eigenvalue weighted by atomic mass is 16.6. The number of nitrogens with zero attached hydrogens (tertiary/aromatic N) is 1. The molecule has 19 heavy (non-hydrogen) atoms. The van der Waals surface area contributed by atoms with Crippen LogP contribution in [0.25, 0.3) is 0 Å². The molecule has 1 atom stereocenters. The van der Waals surface area contributed by atoms with Crippen molar-refractivity contribution in [1.82, 2.24) is 0 Å². The van der Waals surface area contributed by atoms with Gasteiger partial charge in [0.05, 0.1) is 6.61 Å². The van der Waals surface area contributed by atoms with E-state index in [2.05, 4.69) is 0 Å². The number of amides is 1. The molecule has 0 radical (unpaired) electrons. The topological polar surface area (TPSA) is 76.1 Å². The fraction of sp³-hybridized carbons (Fsp3) is 0.385. The van der Waals surface area contributed by atoms with Crippen molar-refractivity contribution < 1.29 is 24.2 Å². The van der Waals surface area contributed by atoms with Crippen LogP contribution in [0.3, 0.4) is 0 Å². The molecule has 1 aromatic carbocycles. The first-order valence-corrected chi connectivity index (χ1v) is 6.01. The number of cyclic esters (lactones) is 1. The Hall–Kier alpha value is -2.24. The summed E-state index contributed by atoms with van der Waals surface area (Å²) in [6, 6.07) is 6.87. The van der Waals surface area contributed by atoms with Gasteiger partial charge < -0.3 is 14.6 Å². The van der Waals surface area contributed by atoms with E-state index in [1.807, 2.05) is 6.92 Å². The predicted molar refractivity (Wildman–Crippen MR) is 67.4 cm³/mol. The molecule has 1 amide bonds. The molecule has 1 fully saturated rings. The Bertz CT molecular complexity index is 470. The van der Waals surface area contributed by atoms with Gasteiger partial charge in [-0.3, -0.25) is 9.69 Å². The third-order valence-electron chi connectivity index (χ3n) is 2.84. The zero-order valence-electron chi connectivity index (χ0n) is 10.5. The Morgan fingerprint density at radius 3 is 2.74 bits per heavy atom. The molecule has 1 aliphatic heterocycles. The number of ether oxygens (including phenoxy) is 2. The smallest absolute Gasteiger partial charge is 0.414 e. The number of hydrogen-bond donors (Lipinski definition) is 1. The number of carboxylic acid groups (broad SMARTS) is 1. The van der Waals surface area contributed by atoms with E-state index < -0.39 is 18.0 Å². The fourth-order valence-corrected chi connectivity index (χ4v) is 1.85. The number of rotatable bonds is 4. The van der Waals surface area contributed by atoms with Crippen molar-refractivity contribution in [3.8, 4) is 5.75 Å². The first-order valence-electron chi connectivity index (χ1n) is 6.01. The van der Waals surface area contributed by atoms with Crippen molar-refractivity contribution in [2.45, 2.75) is 6.92 Å². The molecular formula is C13H15NO5. The molecule has 0 bridgehead atoms. The molecule has 6 heteroatoms. The molecular weight excluding hydrogens is 250 g/mol. The average Bonchev–Trinajstić information content (AvgIpc) is 2.40. The van der Waals surface area contributed by atoms with E-state index in [0.717, 1.165) is 0 Å². The number of carbonyl (C=O) groups is 2. The molecule has 0 saturated carbocycles. The minimum atomic E-state index is -0.969. The largest absolute Gasteiger partial charge is 0.494 e. The summed E-state index contributed by atoms with van der Waals surface area (Å²) in [4.78, 5) is 23.9. The van der Waals surface area contributed by atoms with Crippen molar-refractivity contribution in [3.05, 3.63) is 24.3 Å². The SMILES string of the molecule is CCOc1ccc(N2CC(C(=O)O)COC2=O)cc1. The minimum Gasteiger partial charge on any atom is -0.494 e. The van der Waals surface area contributed by atoms with E-state index in [1.165, 1.54) is 4.90 Å². The van der Waals surface area contributed by atoms with Crippen LogP contribution in [-0.2, 0) is 9.53 Å². The van der Waals surface area contributed by atoms with Crippen LogP contribution in [0, 0.1) is 5.92 Å². The molecule has 6 nitrogen and oxygen atoms in total. The molecule has 1 N–H and O–H groups in total. The molecule has 2 rings (SSSR count). The maximum absolute atomic E-state index is 11.7. The van der Waals surface area contributed by atoms with E-state index in [-0.39, 0.29) is 13.2 Å². The van der Waals surface area contributed by atoms with Gasteiger partial charge in [-0.05, 0) is 31.2 Å². The average molecular weight is 265 g/mol. The Kier molecular flexibility index (Phi) is 3.89. The van der Waals surface area contributed by atoms with Crippen LogP contribution in [0.1, 0.15) is 6.92 Å². The van der Waals surface area contributed by atoms with Crippen molar-refractivity contribution in [3.63, 3.8) is 0 Å². The second kappa shape index (κ2) is 5.60. The molecule has 1 aliphatic rings. The number of carbonyl (C=O) groups excluding carboxylic acids is 1. The van der Waals surface area contributed by atoms with Crippen LogP contribution in [0.15, 0.2) is 24.3 Å². The number of anilines is 1. The van der Waals surface area contributed by atoms with Gasteiger partial charge in [0, 0.05) is 12.2 Å². The Morgan fingerprint density at radius 2 is 2.16 bits per heavy atom. The van der Waals surface area contributed by atoms with E-state index in [9.17, 15) is 9.59 Å². The lowest BCUT2D eigenvalue weighted by Crippen LogP contribution is -2.45. The van der Waals surface area contributed by atoms with Crippen molar-refractivity contribution in [2.75, 3.05) is 24.7 Å². The van der Waals surface area contributed by atoms with E-state index in [4.69, 9.17) is 14.6 Å². The van der Waals surface area contributed by atoms with Gasteiger partial charge >= 0.3 is 12.1 Å². The van der Waals surface area contributed by atoms with Crippen LogP contribution >= 0.6 is 0 Å². The quantitative estimate of drug-likeness (QED) is 0.897. The third kappa shape index (κ3) is 2.96. The third-order valence-corrected chi connectivity index (χ3v) is 2.84. The van der Waals surface area contributed by atoms with Crippen molar-refractivity contribution in [1.29, 1.82) is 0 Å². The summed E-state index contributed by atoms with van der Waals surface area (Å²) in [5.41, 5.74) is 0.597. The summed E-state index contributed by atoms with van der Waals surface area (Å²) >= 11 is 0. The monoisotopic (exact) mass is 265 g/mol. The number of benzene rings is 1. The Labute approximate surface area is 110 Å². The summed E-state index contributed by atoms with van der Waals surface area (Å²) < 4.78 is 10.2. The second-order valence-electron chi connectivity index (χ2n) is 4.15. The Balaban J connectivity index is 2.14. The van der Waals surface area contributed by atoms with Gasteiger partial charge in [0.2, 0.25) is 0 Å². The molecule has 1 saturated heterocycles. The van der Waals surface area contributed by atoms with Gasteiger partial charge in [0.1, 0.15) is 18.3 Å². The molecule has 0 aliphatic carbocycles. The first kappa shape index (κ1) is 13.2. The van der Waals surface area contributed by atoms with Gasteiger partial charge in [-0.15, -0.1) is 0 Å². The summed E-state index contributed by atoms with van der Waals surface area (Å²) in [5, 5.41) is 8.97. The zero-order chi connectivity index (χ0) is 13.8. The maximum Gasteiger partial charge on any atom is 0.414 e. The highest BCUT2D eigenvalue weighted by molar-refractivity contribution is 5.90. The van der Waals surface area contributed by atoms with E-state index in [0.29, 0.717) is 18.0 Å². The molecule has 1 unspecified atom stereocenters. The van der Waals surface area contributed by atoms with Gasteiger partial charge in [-0.1, -0.05) is 0 Å². The molecule has 1 aromatic rings. The summed E-state index contributed by atoms with van der Waals surface area (Å²) in [7, 11) is 0. The maximum atomic E-state index is 11.7. The molecule has 102 valence electrons. The van der Waals surface area contributed by atoms with Crippen molar-refractivity contribution >= 4 is 17.7 Å². The van der Waals surface area contributed by atoms with Gasteiger partial charge in [0.25, 0.3) is 0 Å². The van der Waals surface area contributed by atoms with Crippen LogP contribution in [-0.4, -0.2) is 36.9 Å². The highest BCUT2D eigenvalue weighted by Crippen LogP contribution is 2.23. The summed E-state index contributed by atoms with van der Waals surface area (Å²) in [6.07, 6.45) is -0.526. The van der Waals surface area contributed by atoms with Gasteiger partial charge in [0.15, 0.2) is 0 Å². The number of aliphatic carboxylic acids is 1. The van der Waals surface area contributed by atoms with Crippen LogP contribution in [0.5, 0.6) is 5.75 Å². The standard InChI is InChI=1S/C13H15NO5/c1-2-18-11-5-3-10(4-6-11)14-7-9(12(15)16)8-19-13(14)17/h3-6,9H,2,7-8H2,1H3,(H,15,16). The second-order valence-corrected chi connectivity index (χ2v) is 4.15. The van der Waals surface area contributed by atoms with Gasteiger partial charge in [-0.25, -0.2) is 4.79 Å². The normalized spacial score (nSPS) is 18.9. The lowest BCUT2D eigenvalue weighted by molar-refractivity contribution is -0.143. The van der Waals surface area contributed by atoms with Gasteiger partial charge in [-0.2, -0.15) is 0 Å². The highest BCUT2D eigenvalue weighted by Gasteiger charge is 2.32.